The predicted octanol–water partition coefficient (Wildman–Crippen LogP) is 5.18. The van der Waals surface area contributed by atoms with Crippen LogP contribution in [-0.4, -0.2) is 27.0 Å². The third kappa shape index (κ3) is 4.87. The second-order valence-corrected chi connectivity index (χ2v) is 8.35. The molecular weight excluding hydrogens is 414 g/mol. The molecule has 5 N–H and O–H groups in total. The van der Waals surface area contributed by atoms with E-state index >= 15 is 0 Å². The minimum atomic E-state index is -2.64. The Morgan fingerprint density at radius 1 is 1.09 bits per heavy atom. The first-order valence-electron chi connectivity index (χ1n) is 10.6. The second kappa shape index (κ2) is 8.57. The van der Waals surface area contributed by atoms with E-state index < -0.39 is 5.92 Å². The average Bonchev–Trinajstić information content (AvgIpc) is 3.13. The molecule has 0 atom stereocenters. The summed E-state index contributed by atoms with van der Waals surface area (Å²) in [6.07, 6.45) is -0.0137. The fraction of sp³-hybridized carbons (Fsp3) is 0.348. The van der Waals surface area contributed by atoms with Gasteiger partial charge in [-0.3, -0.25) is 4.79 Å². The van der Waals surface area contributed by atoms with Crippen LogP contribution in [0.3, 0.4) is 0 Å². The molecule has 1 aliphatic rings. The minimum Gasteiger partial charge on any atom is -0.368 e. The van der Waals surface area contributed by atoms with Gasteiger partial charge in [-0.25, -0.2) is 13.9 Å². The minimum absolute atomic E-state index is 0.191. The zero-order chi connectivity index (χ0) is 22.9. The Bertz CT molecular complexity index is 1090. The van der Waals surface area contributed by atoms with Gasteiger partial charge in [0.2, 0.25) is 23.7 Å². The van der Waals surface area contributed by atoms with Crippen molar-refractivity contribution >= 4 is 29.2 Å². The Morgan fingerprint density at radius 3 is 2.28 bits per heavy atom. The summed E-state index contributed by atoms with van der Waals surface area (Å²) in [5.74, 6) is -2.55. The maximum atomic E-state index is 13.3. The van der Waals surface area contributed by atoms with Crippen LogP contribution in [0.2, 0.25) is 0 Å². The van der Waals surface area contributed by atoms with Crippen LogP contribution in [0.1, 0.15) is 36.8 Å². The monoisotopic (exact) mass is 440 g/mol. The van der Waals surface area contributed by atoms with Gasteiger partial charge in [-0.1, -0.05) is 12.1 Å². The highest BCUT2D eigenvalue weighted by molar-refractivity contribution is 5.93. The zero-order valence-electron chi connectivity index (χ0n) is 18.0. The van der Waals surface area contributed by atoms with Gasteiger partial charge < -0.3 is 16.4 Å². The number of halogens is 2. The molecule has 1 fully saturated rings. The maximum absolute atomic E-state index is 13.3. The van der Waals surface area contributed by atoms with E-state index in [-0.39, 0.29) is 43.5 Å². The van der Waals surface area contributed by atoms with Crippen molar-refractivity contribution in [3.05, 3.63) is 47.5 Å². The molecule has 1 aliphatic carbocycles. The van der Waals surface area contributed by atoms with Crippen molar-refractivity contribution in [3.8, 4) is 11.1 Å². The van der Waals surface area contributed by atoms with Crippen LogP contribution in [0.25, 0.3) is 11.1 Å². The number of rotatable bonds is 5. The van der Waals surface area contributed by atoms with Crippen LogP contribution in [0.4, 0.5) is 32.1 Å². The van der Waals surface area contributed by atoms with Gasteiger partial charge in [-0.15, -0.1) is 5.10 Å². The Morgan fingerprint density at radius 2 is 1.72 bits per heavy atom. The van der Waals surface area contributed by atoms with Crippen LogP contribution < -0.4 is 16.4 Å². The smallest absolute Gasteiger partial charge is 0.248 e. The predicted molar refractivity (Wildman–Crippen MR) is 121 cm³/mol. The summed E-state index contributed by atoms with van der Waals surface area (Å²) >= 11 is 0. The molecule has 0 unspecified atom stereocenters. The van der Waals surface area contributed by atoms with Gasteiger partial charge in [-0.2, -0.15) is 4.98 Å². The quantitative estimate of drug-likeness (QED) is 0.437. The highest BCUT2D eigenvalue weighted by atomic mass is 19.3. The van der Waals surface area contributed by atoms with Crippen molar-refractivity contribution in [3.63, 3.8) is 0 Å². The Kier molecular flexibility index (Phi) is 5.82. The number of aromatic amines is 1. The highest BCUT2D eigenvalue weighted by Gasteiger charge is 2.37. The SMILES string of the molecule is Cc1cc(Nc2n[nH]c(N)n2)cc(C)c1-c1ccc(NC(=O)C2CCC(F)(F)CC2)cc1. The molecule has 4 rings (SSSR count). The highest BCUT2D eigenvalue weighted by Crippen LogP contribution is 2.37. The van der Waals surface area contributed by atoms with Crippen molar-refractivity contribution in [1.82, 2.24) is 15.2 Å². The van der Waals surface area contributed by atoms with Gasteiger partial charge in [0.1, 0.15) is 0 Å². The number of aryl methyl sites for hydroxylation is 2. The fourth-order valence-electron chi connectivity index (χ4n) is 4.22. The third-order valence-electron chi connectivity index (χ3n) is 5.82. The van der Waals surface area contributed by atoms with Gasteiger partial charge in [0.05, 0.1) is 0 Å². The number of nitrogens with one attached hydrogen (secondary N) is 3. The Hall–Kier alpha value is -3.49. The lowest BCUT2D eigenvalue weighted by molar-refractivity contribution is -0.124. The van der Waals surface area contributed by atoms with Crippen molar-refractivity contribution in [1.29, 1.82) is 0 Å². The molecule has 3 aromatic rings. The Labute approximate surface area is 184 Å². The summed E-state index contributed by atoms with van der Waals surface area (Å²) in [5.41, 5.74) is 11.3. The molecule has 168 valence electrons. The maximum Gasteiger partial charge on any atom is 0.248 e. The number of H-pyrrole nitrogens is 1. The first-order chi connectivity index (χ1) is 15.2. The number of hydrogen-bond donors (Lipinski definition) is 4. The summed E-state index contributed by atoms with van der Waals surface area (Å²) < 4.78 is 26.7. The molecule has 1 saturated carbocycles. The van der Waals surface area contributed by atoms with E-state index in [2.05, 4.69) is 25.8 Å². The van der Waals surface area contributed by atoms with Crippen LogP contribution in [0.15, 0.2) is 36.4 Å². The summed E-state index contributed by atoms with van der Waals surface area (Å²) in [6.45, 7) is 4.04. The van der Waals surface area contributed by atoms with Crippen molar-refractivity contribution in [2.24, 2.45) is 5.92 Å². The topological polar surface area (TPSA) is 109 Å². The van der Waals surface area contributed by atoms with Crippen LogP contribution in [0, 0.1) is 19.8 Å². The van der Waals surface area contributed by atoms with E-state index in [1.54, 1.807) is 0 Å². The van der Waals surface area contributed by atoms with Crippen LogP contribution in [0.5, 0.6) is 0 Å². The molecule has 0 bridgehead atoms. The molecule has 1 aromatic heterocycles. The number of carbonyl (C=O) groups is 1. The first-order valence-corrected chi connectivity index (χ1v) is 10.6. The molecular formula is C23H26F2N6O. The number of amides is 1. The molecule has 0 radical (unpaired) electrons. The van der Waals surface area contributed by atoms with Gasteiger partial charge in [0.15, 0.2) is 0 Å². The third-order valence-corrected chi connectivity index (χ3v) is 5.82. The van der Waals surface area contributed by atoms with Crippen molar-refractivity contribution in [2.45, 2.75) is 45.5 Å². The molecule has 0 spiro atoms. The summed E-state index contributed by atoms with van der Waals surface area (Å²) in [4.78, 5) is 16.5. The lowest BCUT2D eigenvalue weighted by atomic mass is 9.86. The van der Waals surface area contributed by atoms with E-state index in [1.807, 2.05) is 50.2 Å². The average molecular weight is 440 g/mol. The largest absolute Gasteiger partial charge is 0.368 e. The number of aromatic nitrogens is 3. The first kappa shape index (κ1) is 21.7. The van der Waals surface area contributed by atoms with Gasteiger partial charge in [-0.05, 0) is 73.2 Å². The number of nitrogen functional groups attached to an aromatic ring is 1. The zero-order valence-corrected chi connectivity index (χ0v) is 18.0. The van der Waals surface area contributed by atoms with Gasteiger partial charge in [0.25, 0.3) is 0 Å². The molecule has 9 heteroatoms. The molecule has 1 amide bonds. The molecule has 1 heterocycles. The van der Waals surface area contributed by atoms with E-state index in [0.717, 1.165) is 27.9 Å². The van der Waals surface area contributed by atoms with Crippen molar-refractivity contribution < 1.29 is 13.6 Å². The summed E-state index contributed by atoms with van der Waals surface area (Å²) in [7, 11) is 0. The number of nitrogens with two attached hydrogens (primary N) is 1. The molecule has 32 heavy (non-hydrogen) atoms. The van der Waals surface area contributed by atoms with E-state index in [1.165, 1.54) is 0 Å². The standard InChI is InChI=1S/C23H26F2N6O/c1-13-11-18(28-22-29-21(26)30-31-22)12-14(2)19(13)15-3-5-17(6-4-15)27-20(32)16-7-9-23(24,25)10-8-16/h3-6,11-12,16H,7-10H2,1-2H3,(H,27,32)(H4,26,28,29,30,31). The number of hydrogen-bond acceptors (Lipinski definition) is 5. The number of carbonyl (C=O) groups excluding carboxylic acids is 1. The normalized spacial score (nSPS) is 16.0. The van der Waals surface area contributed by atoms with Crippen molar-refractivity contribution in [2.75, 3.05) is 16.4 Å². The number of alkyl halides is 2. The molecule has 7 nitrogen and oxygen atoms in total. The van der Waals surface area contributed by atoms with E-state index in [9.17, 15) is 13.6 Å². The Balaban J connectivity index is 1.45. The molecule has 2 aromatic carbocycles. The van der Waals surface area contributed by atoms with Crippen LogP contribution >= 0.6 is 0 Å². The molecule has 0 saturated heterocycles. The van der Waals surface area contributed by atoms with Gasteiger partial charge >= 0.3 is 0 Å². The fourth-order valence-corrected chi connectivity index (χ4v) is 4.22. The van der Waals surface area contributed by atoms with E-state index in [4.69, 9.17) is 5.73 Å². The second-order valence-electron chi connectivity index (χ2n) is 8.35. The summed E-state index contributed by atoms with van der Waals surface area (Å²) in [6, 6.07) is 11.6. The lowest BCUT2D eigenvalue weighted by Crippen LogP contribution is -2.31. The van der Waals surface area contributed by atoms with Crippen LogP contribution in [-0.2, 0) is 4.79 Å². The molecule has 0 aliphatic heterocycles. The number of benzene rings is 2. The number of nitrogens with zero attached hydrogens (tertiary/aromatic N) is 2. The van der Waals surface area contributed by atoms with E-state index in [0.29, 0.717) is 11.6 Å². The number of anilines is 4. The van der Waals surface area contributed by atoms with Gasteiger partial charge in [0, 0.05) is 30.1 Å². The summed E-state index contributed by atoms with van der Waals surface area (Å²) in [5, 5.41) is 12.6. The lowest BCUT2D eigenvalue weighted by Gasteiger charge is -2.27.